The fraction of sp³-hybridized carbons (Fsp3) is 0.391. The molecule has 9 heteroatoms. The van der Waals surface area contributed by atoms with E-state index in [1.54, 1.807) is 23.5 Å². The number of hydrogen-bond acceptors (Lipinski definition) is 5. The average molecular weight is 474 g/mol. The Morgan fingerprint density at radius 2 is 1.94 bits per heavy atom. The number of hydrogen-bond donors (Lipinski definition) is 0. The largest absolute Gasteiger partial charge is 0.497 e. The van der Waals surface area contributed by atoms with Crippen molar-refractivity contribution in [3.63, 3.8) is 0 Å². The van der Waals surface area contributed by atoms with Gasteiger partial charge in [0.25, 0.3) is 5.91 Å². The van der Waals surface area contributed by atoms with E-state index in [1.807, 2.05) is 36.7 Å². The van der Waals surface area contributed by atoms with Crippen molar-refractivity contribution in [3.05, 3.63) is 52.8 Å². The molecule has 1 amide bonds. The molecule has 1 atom stereocenters. The van der Waals surface area contributed by atoms with Gasteiger partial charge in [-0.3, -0.25) is 4.79 Å². The summed E-state index contributed by atoms with van der Waals surface area (Å²) in [5, 5.41) is 0. The van der Waals surface area contributed by atoms with Gasteiger partial charge in [-0.25, -0.2) is 8.42 Å². The number of amides is 1. The lowest BCUT2D eigenvalue weighted by Gasteiger charge is -2.34. The van der Waals surface area contributed by atoms with Crippen molar-refractivity contribution in [2.75, 3.05) is 13.7 Å². The van der Waals surface area contributed by atoms with E-state index in [0.717, 1.165) is 41.6 Å². The number of nitrogens with zero attached hydrogens (tertiary/aromatic N) is 3. The van der Waals surface area contributed by atoms with E-state index in [0.29, 0.717) is 16.9 Å². The SMILES string of the molecule is CC[C@H]1CCCCN1S(=O)(=O)c1ccc(C(=O)N=c2sc3cc(OC)ccc3n2C)cc1. The van der Waals surface area contributed by atoms with E-state index >= 15 is 0 Å². The molecular weight excluding hydrogens is 446 g/mol. The van der Waals surface area contributed by atoms with Crippen molar-refractivity contribution in [2.45, 2.75) is 43.5 Å². The zero-order chi connectivity index (χ0) is 22.9. The lowest BCUT2D eigenvalue weighted by molar-refractivity contribution is 0.0998. The maximum atomic E-state index is 13.1. The topological polar surface area (TPSA) is 81.0 Å². The Labute approximate surface area is 192 Å². The van der Waals surface area contributed by atoms with E-state index in [9.17, 15) is 13.2 Å². The summed E-state index contributed by atoms with van der Waals surface area (Å²) in [4.78, 5) is 17.8. The first kappa shape index (κ1) is 22.7. The first-order valence-electron chi connectivity index (χ1n) is 10.7. The molecule has 0 aliphatic carbocycles. The second-order valence-electron chi connectivity index (χ2n) is 7.89. The van der Waals surface area contributed by atoms with Crippen LogP contribution in [0.3, 0.4) is 0 Å². The molecule has 0 N–H and O–H groups in total. The minimum atomic E-state index is -3.58. The molecule has 7 nitrogen and oxygen atoms in total. The van der Waals surface area contributed by atoms with Gasteiger partial charge in [0, 0.05) is 25.2 Å². The highest BCUT2D eigenvalue weighted by molar-refractivity contribution is 7.89. The minimum Gasteiger partial charge on any atom is -0.497 e. The monoisotopic (exact) mass is 473 g/mol. The number of methoxy groups -OCH3 is 1. The molecule has 0 unspecified atom stereocenters. The molecule has 0 radical (unpaired) electrons. The summed E-state index contributed by atoms with van der Waals surface area (Å²) < 4.78 is 36.0. The van der Waals surface area contributed by atoms with E-state index in [4.69, 9.17) is 4.74 Å². The lowest BCUT2D eigenvalue weighted by Crippen LogP contribution is -2.43. The van der Waals surface area contributed by atoms with Gasteiger partial charge in [-0.05, 0) is 61.7 Å². The third-order valence-corrected chi connectivity index (χ3v) is 9.03. The number of sulfonamides is 1. The normalized spacial score (nSPS) is 18.2. The van der Waals surface area contributed by atoms with E-state index in [2.05, 4.69) is 4.99 Å². The third kappa shape index (κ3) is 4.24. The number of carbonyl (C=O) groups excluding carboxylic acids is 1. The minimum absolute atomic E-state index is 0.0386. The molecule has 4 rings (SSSR count). The van der Waals surface area contributed by atoms with Gasteiger partial charge < -0.3 is 9.30 Å². The maximum Gasteiger partial charge on any atom is 0.279 e. The first-order chi connectivity index (χ1) is 15.3. The molecule has 1 aliphatic rings. The Bertz CT molecular complexity index is 1310. The summed E-state index contributed by atoms with van der Waals surface area (Å²) >= 11 is 1.40. The number of rotatable bonds is 5. The van der Waals surface area contributed by atoms with E-state index in [-0.39, 0.29) is 10.9 Å². The second-order valence-corrected chi connectivity index (χ2v) is 10.8. The molecule has 1 aliphatic heterocycles. The highest BCUT2D eigenvalue weighted by atomic mass is 32.2. The molecule has 32 heavy (non-hydrogen) atoms. The van der Waals surface area contributed by atoms with Crippen molar-refractivity contribution in [2.24, 2.45) is 12.0 Å². The number of aromatic nitrogens is 1. The number of aryl methyl sites for hydroxylation is 1. The molecule has 0 saturated carbocycles. The summed E-state index contributed by atoms with van der Waals surface area (Å²) in [5.41, 5.74) is 1.31. The molecule has 1 aromatic heterocycles. The van der Waals surface area contributed by atoms with Crippen molar-refractivity contribution in [3.8, 4) is 5.75 Å². The first-order valence-corrected chi connectivity index (χ1v) is 13.0. The highest BCUT2D eigenvalue weighted by Gasteiger charge is 2.32. The van der Waals surface area contributed by atoms with Crippen LogP contribution < -0.4 is 9.54 Å². The standard InChI is InChI=1S/C23H27N3O4S2/c1-4-17-7-5-6-14-26(17)32(28,29)19-11-8-16(9-12-19)22(27)24-23-25(2)20-13-10-18(30-3)15-21(20)31-23/h8-13,15,17H,4-7,14H2,1-3H3/t17-/m0/s1. The molecule has 3 aromatic rings. The maximum absolute atomic E-state index is 13.1. The summed E-state index contributed by atoms with van der Waals surface area (Å²) in [7, 11) is -0.109. The number of ether oxygens (including phenoxy) is 1. The number of fused-ring (bicyclic) bond motifs is 1. The average Bonchev–Trinajstić information content (AvgIpc) is 3.13. The number of benzene rings is 2. The summed E-state index contributed by atoms with van der Waals surface area (Å²) in [6.45, 7) is 2.57. The molecule has 0 bridgehead atoms. The molecule has 2 aromatic carbocycles. The Morgan fingerprint density at radius 1 is 1.19 bits per heavy atom. The van der Waals surface area contributed by atoms with Crippen LogP contribution in [0.15, 0.2) is 52.4 Å². The van der Waals surface area contributed by atoms with Crippen molar-refractivity contribution >= 4 is 37.5 Å². The predicted molar refractivity (Wildman–Crippen MR) is 126 cm³/mol. The van der Waals surface area contributed by atoms with Gasteiger partial charge in [0.2, 0.25) is 10.0 Å². The van der Waals surface area contributed by atoms with Crippen LogP contribution in [-0.4, -0.2) is 42.9 Å². The lowest BCUT2D eigenvalue weighted by atomic mass is 10.0. The fourth-order valence-corrected chi connectivity index (χ4v) is 6.91. The van der Waals surface area contributed by atoms with Gasteiger partial charge in [0.05, 0.1) is 22.2 Å². The van der Waals surface area contributed by atoms with Crippen LogP contribution in [0.4, 0.5) is 0 Å². The molecule has 1 fully saturated rings. The van der Waals surface area contributed by atoms with Crippen LogP contribution in [0.2, 0.25) is 0 Å². The third-order valence-electron chi connectivity index (χ3n) is 5.97. The fourth-order valence-electron chi connectivity index (χ4n) is 4.10. The van der Waals surface area contributed by atoms with E-state index in [1.165, 1.54) is 23.5 Å². The Kier molecular flexibility index (Phi) is 6.50. The van der Waals surface area contributed by atoms with Gasteiger partial charge in [-0.2, -0.15) is 9.30 Å². The van der Waals surface area contributed by atoms with Crippen LogP contribution in [0.1, 0.15) is 43.0 Å². The zero-order valence-electron chi connectivity index (χ0n) is 18.4. The summed E-state index contributed by atoms with van der Waals surface area (Å²) in [6, 6.07) is 11.8. The van der Waals surface area contributed by atoms with E-state index < -0.39 is 15.9 Å². The molecule has 170 valence electrons. The summed E-state index contributed by atoms with van der Waals surface area (Å²) in [6.07, 6.45) is 3.63. The number of piperidine rings is 1. The van der Waals surface area contributed by atoms with Gasteiger partial charge in [0.1, 0.15) is 5.75 Å². The van der Waals surface area contributed by atoms with Gasteiger partial charge in [-0.1, -0.05) is 24.7 Å². The van der Waals surface area contributed by atoms with Crippen molar-refractivity contribution in [1.82, 2.24) is 8.87 Å². The van der Waals surface area contributed by atoms with Crippen LogP contribution in [-0.2, 0) is 17.1 Å². The Balaban J connectivity index is 1.61. The smallest absolute Gasteiger partial charge is 0.279 e. The molecule has 0 spiro atoms. The van der Waals surface area contributed by atoms with Crippen LogP contribution in [0, 0.1) is 0 Å². The van der Waals surface area contributed by atoms with Gasteiger partial charge in [-0.15, -0.1) is 0 Å². The second kappa shape index (κ2) is 9.17. The van der Waals surface area contributed by atoms with Gasteiger partial charge in [0.15, 0.2) is 4.80 Å². The Morgan fingerprint density at radius 3 is 2.62 bits per heavy atom. The molecule has 1 saturated heterocycles. The molecular formula is C23H27N3O4S2. The Hall–Kier alpha value is -2.49. The van der Waals surface area contributed by atoms with Crippen molar-refractivity contribution < 1.29 is 17.9 Å². The highest BCUT2D eigenvalue weighted by Crippen LogP contribution is 2.27. The quantitative estimate of drug-likeness (QED) is 0.562. The van der Waals surface area contributed by atoms with Crippen LogP contribution in [0.25, 0.3) is 10.2 Å². The van der Waals surface area contributed by atoms with Crippen LogP contribution in [0.5, 0.6) is 5.75 Å². The number of thiazole rings is 1. The zero-order valence-corrected chi connectivity index (χ0v) is 20.1. The van der Waals surface area contributed by atoms with Crippen molar-refractivity contribution in [1.29, 1.82) is 0 Å². The number of carbonyl (C=O) groups is 1. The van der Waals surface area contributed by atoms with Gasteiger partial charge >= 0.3 is 0 Å². The van der Waals surface area contributed by atoms with Crippen LogP contribution >= 0.6 is 11.3 Å². The predicted octanol–water partition coefficient (Wildman–Crippen LogP) is 3.94. The summed E-state index contributed by atoms with van der Waals surface area (Å²) in [5.74, 6) is 0.334. The molecule has 2 heterocycles.